The molecule has 0 fully saturated rings. The van der Waals surface area contributed by atoms with Crippen LogP contribution in [0, 0.1) is 5.82 Å². The Balaban J connectivity index is 1.93. The summed E-state index contributed by atoms with van der Waals surface area (Å²) in [5.74, 6) is 0.633. The van der Waals surface area contributed by atoms with Gasteiger partial charge in [0.2, 0.25) is 0 Å². The van der Waals surface area contributed by atoms with Crippen LogP contribution in [0.1, 0.15) is 16.7 Å². The number of nitrogens with zero attached hydrogens (tertiary/aromatic N) is 1. The SMILES string of the molecule is CSCc1cc(F)ccc1CNC(=O)N(C)Cc1ccc(O)cc1. The molecule has 0 aliphatic carbocycles. The van der Waals surface area contributed by atoms with E-state index in [1.165, 1.54) is 12.1 Å². The fourth-order valence-electron chi connectivity index (χ4n) is 2.31. The molecular formula is C18H21FN2O2S. The van der Waals surface area contributed by atoms with Crippen LogP contribution in [0.25, 0.3) is 0 Å². The van der Waals surface area contributed by atoms with E-state index in [0.717, 1.165) is 16.7 Å². The van der Waals surface area contributed by atoms with Crippen molar-refractivity contribution in [3.8, 4) is 5.75 Å². The Morgan fingerprint density at radius 1 is 1.21 bits per heavy atom. The molecule has 2 aromatic carbocycles. The molecule has 6 heteroatoms. The topological polar surface area (TPSA) is 52.6 Å². The van der Waals surface area contributed by atoms with Crippen LogP contribution >= 0.6 is 11.8 Å². The zero-order valence-corrected chi connectivity index (χ0v) is 14.6. The van der Waals surface area contributed by atoms with Gasteiger partial charge in [0.1, 0.15) is 11.6 Å². The van der Waals surface area contributed by atoms with Crippen LogP contribution in [0.5, 0.6) is 5.75 Å². The first-order valence-corrected chi connectivity index (χ1v) is 8.92. The number of rotatable bonds is 6. The first kappa shape index (κ1) is 18.1. The van der Waals surface area contributed by atoms with Crippen molar-refractivity contribution in [1.82, 2.24) is 10.2 Å². The van der Waals surface area contributed by atoms with Crippen LogP contribution in [0.4, 0.5) is 9.18 Å². The highest BCUT2D eigenvalue weighted by Gasteiger charge is 2.10. The molecule has 2 aromatic rings. The Morgan fingerprint density at radius 2 is 1.92 bits per heavy atom. The van der Waals surface area contributed by atoms with Gasteiger partial charge >= 0.3 is 6.03 Å². The van der Waals surface area contributed by atoms with Crippen molar-refractivity contribution in [2.45, 2.75) is 18.8 Å². The highest BCUT2D eigenvalue weighted by Crippen LogP contribution is 2.17. The van der Waals surface area contributed by atoms with Crippen LogP contribution in [-0.4, -0.2) is 29.3 Å². The molecule has 0 heterocycles. The number of urea groups is 1. The van der Waals surface area contributed by atoms with E-state index in [0.29, 0.717) is 18.8 Å². The predicted molar refractivity (Wildman–Crippen MR) is 95.4 cm³/mol. The molecule has 2 amide bonds. The Morgan fingerprint density at radius 3 is 2.58 bits per heavy atom. The Bertz CT molecular complexity index is 692. The maximum absolute atomic E-state index is 13.3. The number of amides is 2. The predicted octanol–water partition coefficient (Wildman–Crippen LogP) is 3.74. The maximum atomic E-state index is 13.3. The average Bonchev–Trinajstić information content (AvgIpc) is 2.56. The van der Waals surface area contributed by atoms with Gasteiger partial charge in [0.05, 0.1) is 0 Å². The number of carbonyl (C=O) groups excluding carboxylic acids is 1. The van der Waals surface area contributed by atoms with E-state index < -0.39 is 0 Å². The van der Waals surface area contributed by atoms with Gasteiger partial charge in [-0.3, -0.25) is 0 Å². The van der Waals surface area contributed by atoms with Crippen LogP contribution in [-0.2, 0) is 18.8 Å². The van der Waals surface area contributed by atoms with Crippen molar-refractivity contribution >= 4 is 17.8 Å². The number of phenolic OH excluding ortho intramolecular Hbond substituents is 1. The molecule has 0 unspecified atom stereocenters. The molecule has 0 aliphatic rings. The maximum Gasteiger partial charge on any atom is 0.317 e. The molecule has 128 valence electrons. The van der Waals surface area contributed by atoms with E-state index in [1.54, 1.807) is 54.0 Å². The van der Waals surface area contributed by atoms with E-state index in [2.05, 4.69) is 5.32 Å². The third kappa shape index (κ3) is 5.16. The molecule has 0 aliphatic heterocycles. The van der Waals surface area contributed by atoms with Crippen molar-refractivity contribution < 1.29 is 14.3 Å². The summed E-state index contributed by atoms with van der Waals surface area (Å²) in [7, 11) is 1.70. The lowest BCUT2D eigenvalue weighted by molar-refractivity contribution is 0.206. The summed E-state index contributed by atoms with van der Waals surface area (Å²) in [6, 6.07) is 11.2. The van der Waals surface area contributed by atoms with E-state index in [4.69, 9.17) is 0 Å². The Hall–Kier alpha value is -2.21. The number of carbonyl (C=O) groups is 1. The molecule has 0 saturated heterocycles. The first-order chi connectivity index (χ1) is 11.5. The fourth-order valence-corrected chi connectivity index (χ4v) is 2.89. The van der Waals surface area contributed by atoms with Gasteiger partial charge in [-0.2, -0.15) is 11.8 Å². The quantitative estimate of drug-likeness (QED) is 0.836. The summed E-state index contributed by atoms with van der Waals surface area (Å²) in [4.78, 5) is 13.8. The second-order valence-electron chi connectivity index (χ2n) is 5.53. The number of hydrogen-bond donors (Lipinski definition) is 2. The number of phenols is 1. The van der Waals surface area contributed by atoms with Crippen LogP contribution in [0.15, 0.2) is 42.5 Å². The minimum absolute atomic E-state index is 0.198. The average molecular weight is 348 g/mol. The summed E-state index contributed by atoms with van der Waals surface area (Å²) < 4.78 is 13.3. The molecule has 0 atom stereocenters. The largest absolute Gasteiger partial charge is 0.508 e. The molecule has 0 spiro atoms. The Labute approximate surface area is 145 Å². The van der Waals surface area contributed by atoms with Gasteiger partial charge in [-0.1, -0.05) is 18.2 Å². The number of nitrogens with one attached hydrogen (secondary N) is 1. The summed E-state index contributed by atoms with van der Waals surface area (Å²) in [5.41, 5.74) is 2.73. The normalized spacial score (nSPS) is 10.5. The Kier molecular flexibility index (Phi) is 6.49. The fraction of sp³-hybridized carbons (Fsp3) is 0.278. The third-order valence-corrected chi connectivity index (χ3v) is 4.20. The summed E-state index contributed by atoms with van der Waals surface area (Å²) in [6.07, 6.45) is 1.96. The molecule has 0 aromatic heterocycles. The highest BCUT2D eigenvalue weighted by atomic mass is 32.2. The summed E-state index contributed by atoms with van der Waals surface area (Å²) in [6.45, 7) is 0.794. The van der Waals surface area contributed by atoms with Gasteiger partial charge in [0, 0.05) is 25.9 Å². The number of benzene rings is 2. The monoisotopic (exact) mass is 348 g/mol. The highest BCUT2D eigenvalue weighted by molar-refractivity contribution is 7.97. The molecular weight excluding hydrogens is 327 g/mol. The number of aromatic hydroxyl groups is 1. The lowest BCUT2D eigenvalue weighted by atomic mass is 10.1. The van der Waals surface area contributed by atoms with Crippen LogP contribution in [0.3, 0.4) is 0 Å². The summed E-state index contributed by atoms with van der Waals surface area (Å²) in [5, 5.41) is 12.1. The standard InChI is InChI=1S/C18H21FN2O2S/c1-21(11-13-3-7-17(22)8-4-13)18(23)20-10-14-5-6-16(19)9-15(14)12-24-2/h3-9,22H,10-12H2,1-2H3,(H,20,23). The van der Waals surface area contributed by atoms with Crippen molar-refractivity contribution in [3.05, 3.63) is 65.0 Å². The van der Waals surface area contributed by atoms with Crippen molar-refractivity contribution in [3.63, 3.8) is 0 Å². The lowest BCUT2D eigenvalue weighted by Gasteiger charge is -2.19. The van der Waals surface area contributed by atoms with Crippen molar-refractivity contribution in [2.24, 2.45) is 0 Å². The molecule has 2 N–H and O–H groups in total. The van der Waals surface area contributed by atoms with Gasteiger partial charge in [0.25, 0.3) is 0 Å². The minimum Gasteiger partial charge on any atom is -0.508 e. The second-order valence-corrected chi connectivity index (χ2v) is 6.39. The number of halogens is 1. The molecule has 24 heavy (non-hydrogen) atoms. The van der Waals surface area contributed by atoms with Crippen molar-refractivity contribution in [1.29, 1.82) is 0 Å². The van der Waals surface area contributed by atoms with E-state index in [1.807, 2.05) is 6.26 Å². The second kappa shape index (κ2) is 8.59. The third-order valence-electron chi connectivity index (χ3n) is 3.60. The number of hydrogen-bond acceptors (Lipinski definition) is 3. The van der Waals surface area contributed by atoms with Gasteiger partial charge in [0.15, 0.2) is 0 Å². The van der Waals surface area contributed by atoms with Gasteiger partial charge in [-0.25, -0.2) is 9.18 Å². The van der Waals surface area contributed by atoms with E-state index in [9.17, 15) is 14.3 Å². The zero-order valence-electron chi connectivity index (χ0n) is 13.8. The molecule has 0 saturated carbocycles. The molecule has 2 rings (SSSR count). The molecule has 4 nitrogen and oxygen atoms in total. The lowest BCUT2D eigenvalue weighted by Crippen LogP contribution is -2.36. The summed E-state index contributed by atoms with van der Waals surface area (Å²) >= 11 is 1.61. The van der Waals surface area contributed by atoms with Gasteiger partial charge in [-0.05, 0) is 47.2 Å². The first-order valence-electron chi connectivity index (χ1n) is 7.52. The van der Waals surface area contributed by atoms with Crippen molar-refractivity contribution in [2.75, 3.05) is 13.3 Å². The smallest absolute Gasteiger partial charge is 0.317 e. The molecule has 0 radical (unpaired) electrons. The van der Waals surface area contributed by atoms with Gasteiger partial charge < -0.3 is 15.3 Å². The van der Waals surface area contributed by atoms with Crippen LogP contribution in [0.2, 0.25) is 0 Å². The van der Waals surface area contributed by atoms with Gasteiger partial charge in [-0.15, -0.1) is 0 Å². The minimum atomic E-state index is -0.265. The van der Waals surface area contributed by atoms with Crippen LogP contribution < -0.4 is 5.32 Å². The van der Waals surface area contributed by atoms with E-state index in [-0.39, 0.29) is 17.6 Å². The van der Waals surface area contributed by atoms with E-state index >= 15 is 0 Å². The zero-order chi connectivity index (χ0) is 17.5. The number of thioether (sulfide) groups is 1. The molecule has 0 bridgehead atoms.